The van der Waals surface area contributed by atoms with Crippen molar-refractivity contribution in [1.82, 2.24) is 0 Å². The molecule has 1 heterocycles. The van der Waals surface area contributed by atoms with Gasteiger partial charge < -0.3 is 15.7 Å². The van der Waals surface area contributed by atoms with Crippen molar-refractivity contribution >= 4 is 11.6 Å². The quantitative estimate of drug-likeness (QED) is 0.779. The number of amides is 1. The first-order valence-electron chi connectivity index (χ1n) is 5.45. The molecule has 4 heteroatoms. The molecule has 1 atom stereocenters. The number of carbonyl (C=O) groups excluding carboxylic acids is 1. The second-order valence-electron chi connectivity index (χ2n) is 4.13. The summed E-state index contributed by atoms with van der Waals surface area (Å²) in [5.74, 6) is 0.400. The summed E-state index contributed by atoms with van der Waals surface area (Å²) in [7, 11) is 0. The number of carbonyl (C=O) groups is 1. The molecule has 4 nitrogen and oxygen atoms in total. The van der Waals surface area contributed by atoms with Gasteiger partial charge in [0.25, 0.3) is 0 Å². The zero-order valence-electron chi connectivity index (χ0n) is 9.10. The average Bonchev–Trinajstić information content (AvgIpc) is 2.71. The largest absolute Gasteiger partial charge is 0.392 e. The van der Waals surface area contributed by atoms with Crippen molar-refractivity contribution < 1.29 is 9.90 Å². The van der Waals surface area contributed by atoms with Crippen molar-refractivity contribution in [1.29, 1.82) is 0 Å². The molecule has 16 heavy (non-hydrogen) atoms. The van der Waals surface area contributed by atoms with E-state index in [9.17, 15) is 4.79 Å². The Morgan fingerprint density at radius 1 is 1.38 bits per heavy atom. The van der Waals surface area contributed by atoms with Crippen LogP contribution < -0.4 is 10.6 Å². The molecule has 0 spiro atoms. The fourth-order valence-electron chi connectivity index (χ4n) is 1.97. The Balaban J connectivity index is 2.15. The minimum Gasteiger partial charge on any atom is -0.392 e. The van der Waals surface area contributed by atoms with Crippen LogP contribution in [0.3, 0.4) is 0 Å². The highest BCUT2D eigenvalue weighted by Gasteiger charge is 2.29. The summed E-state index contributed by atoms with van der Waals surface area (Å²) in [6.07, 6.45) is 0.540. The Morgan fingerprint density at radius 2 is 2.06 bits per heavy atom. The molecule has 1 fully saturated rings. The maximum absolute atomic E-state index is 11.7. The first kappa shape index (κ1) is 11.1. The first-order valence-corrected chi connectivity index (χ1v) is 5.45. The van der Waals surface area contributed by atoms with Gasteiger partial charge in [0.05, 0.1) is 6.61 Å². The van der Waals surface area contributed by atoms with Gasteiger partial charge in [-0.25, -0.2) is 0 Å². The van der Waals surface area contributed by atoms with Crippen LogP contribution in [0.15, 0.2) is 24.3 Å². The van der Waals surface area contributed by atoms with E-state index in [0.717, 1.165) is 11.3 Å². The molecule has 1 aromatic rings. The van der Waals surface area contributed by atoms with Crippen LogP contribution >= 0.6 is 0 Å². The Hall–Kier alpha value is -1.39. The Labute approximate surface area is 94.7 Å². The van der Waals surface area contributed by atoms with E-state index in [1.54, 1.807) is 4.90 Å². The van der Waals surface area contributed by atoms with Crippen LogP contribution in [0.2, 0.25) is 0 Å². The molecular weight excluding hydrogens is 204 g/mol. The van der Waals surface area contributed by atoms with Gasteiger partial charge in [0.2, 0.25) is 5.91 Å². The number of aliphatic hydroxyl groups excluding tert-OH is 1. The predicted molar refractivity (Wildman–Crippen MR) is 61.9 cm³/mol. The van der Waals surface area contributed by atoms with Gasteiger partial charge in [0.1, 0.15) is 0 Å². The fraction of sp³-hybridized carbons (Fsp3) is 0.417. The molecule has 0 aliphatic carbocycles. The van der Waals surface area contributed by atoms with E-state index in [-0.39, 0.29) is 18.4 Å². The van der Waals surface area contributed by atoms with Gasteiger partial charge in [-0.2, -0.15) is 0 Å². The fourth-order valence-corrected chi connectivity index (χ4v) is 1.97. The molecule has 1 saturated heterocycles. The highest BCUT2D eigenvalue weighted by molar-refractivity contribution is 5.95. The van der Waals surface area contributed by atoms with Crippen molar-refractivity contribution in [2.45, 2.75) is 13.0 Å². The molecule has 1 aromatic carbocycles. The lowest BCUT2D eigenvalue weighted by molar-refractivity contribution is -0.117. The van der Waals surface area contributed by atoms with Crippen LogP contribution in [0, 0.1) is 5.92 Å². The molecule has 86 valence electrons. The van der Waals surface area contributed by atoms with E-state index in [2.05, 4.69) is 0 Å². The van der Waals surface area contributed by atoms with Crippen molar-refractivity contribution in [2.75, 3.05) is 18.0 Å². The molecule has 2 rings (SSSR count). The molecule has 1 aliphatic heterocycles. The van der Waals surface area contributed by atoms with E-state index in [0.29, 0.717) is 19.5 Å². The van der Waals surface area contributed by atoms with Gasteiger partial charge in [-0.3, -0.25) is 4.79 Å². The number of aliphatic hydroxyl groups is 1. The van der Waals surface area contributed by atoms with Gasteiger partial charge in [0, 0.05) is 18.7 Å². The second-order valence-corrected chi connectivity index (χ2v) is 4.13. The number of rotatable bonds is 3. The Morgan fingerprint density at radius 3 is 2.56 bits per heavy atom. The minimum atomic E-state index is 0.0274. The molecule has 0 bridgehead atoms. The molecule has 0 radical (unpaired) electrons. The van der Waals surface area contributed by atoms with Gasteiger partial charge in [-0.1, -0.05) is 12.1 Å². The van der Waals surface area contributed by atoms with Crippen LogP contribution in [0.25, 0.3) is 0 Å². The smallest absolute Gasteiger partial charge is 0.227 e. The Bertz CT molecular complexity index is 375. The van der Waals surface area contributed by atoms with Crippen LogP contribution in [0.5, 0.6) is 0 Å². The molecule has 0 saturated carbocycles. The lowest BCUT2D eigenvalue weighted by Crippen LogP contribution is -2.25. The standard InChI is InChI=1S/C12H16N2O2/c13-6-10-5-12(16)14(7-10)11-3-1-9(8-15)2-4-11/h1-4,10,15H,5-8,13H2. The van der Waals surface area contributed by atoms with E-state index in [4.69, 9.17) is 10.8 Å². The third-order valence-corrected chi connectivity index (χ3v) is 2.97. The first-order chi connectivity index (χ1) is 7.74. The molecule has 0 aromatic heterocycles. The summed E-state index contributed by atoms with van der Waals surface area (Å²) in [6.45, 7) is 1.28. The number of nitrogens with two attached hydrogens (primary N) is 1. The highest BCUT2D eigenvalue weighted by Crippen LogP contribution is 2.24. The summed E-state index contributed by atoms with van der Waals surface area (Å²) < 4.78 is 0. The summed E-state index contributed by atoms with van der Waals surface area (Å²) >= 11 is 0. The SMILES string of the molecule is NCC1CC(=O)N(c2ccc(CO)cc2)C1. The number of hydrogen-bond acceptors (Lipinski definition) is 3. The summed E-state index contributed by atoms with van der Waals surface area (Å²) in [5, 5.41) is 8.93. The maximum atomic E-state index is 11.7. The lowest BCUT2D eigenvalue weighted by Gasteiger charge is -2.16. The van der Waals surface area contributed by atoms with Gasteiger partial charge in [0.15, 0.2) is 0 Å². The van der Waals surface area contributed by atoms with Crippen molar-refractivity contribution in [2.24, 2.45) is 11.7 Å². The average molecular weight is 220 g/mol. The van der Waals surface area contributed by atoms with Crippen molar-refractivity contribution in [3.8, 4) is 0 Å². The van der Waals surface area contributed by atoms with E-state index < -0.39 is 0 Å². The second kappa shape index (κ2) is 4.63. The lowest BCUT2D eigenvalue weighted by atomic mass is 10.1. The zero-order valence-corrected chi connectivity index (χ0v) is 9.10. The number of anilines is 1. The van der Waals surface area contributed by atoms with Gasteiger partial charge >= 0.3 is 0 Å². The third kappa shape index (κ3) is 2.08. The van der Waals surface area contributed by atoms with Crippen molar-refractivity contribution in [3.63, 3.8) is 0 Å². The molecule has 1 amide bonds. The maximum Gasteiger partial charge on any atom is 0.227 e. The normalized spacial score (nSPS) is 20.5. The Kier molecular flexibility index (Phi) is 3.22. The molecular formula is C12H16N2O2. The van der Waals surface area contributed by atoms with E-state index >= 15 is 0 Å². The predicted octanol–water partition coefficient (Wildman–Crippen LogP) is 0.490. The zero-order chi connectivity index (χ0) is 11.5. The summed E-state index contributed by atoms with van der Waals surface area (Å²) in [6, 6.07) is 7.39. The highest BCUT2D eigenvalue weighted by atomic mass is 16.3. The third-order valence-electron chi connectivity index (χ3n) is 2.97. The van der Waals surface area contributed by atoms with Crippen LogP contribution in [-0.2, 0) is 11.4 Å². The summed E-state index contributed by atoms with van der Waals surface area (Å²) in [4.78, 5) is 13.5. The number of benzene rings is 1. The van der Waals surface area contributed by atoms with Crippen molar-refractivity contribution in [3.05, 3.63) is 29.8 Å². The van der Waals surface area contributed by atoms with Crippen LogP contribution in [0.1, 0.15) is 12.0 Å². The number of hydrogen-bond donors (Lipinski definition) is 2. The summed E-state index contributed by atoms with van der Waals surface area (Å²) in [5.41, 5.74) is 7.31. The van der Waals surface area contributed by atoms with Crippen LogP contribution in [-0.4, -0.2) is 24.1 Å². The van der Waals surface area contributed by atoms with Gasteiger partial charge in [-0.15, -0.1) is 0 Å². The molecule has 3 N–H and O–H groups in total. The van der Waals surface area contributed by atoms with Gasteiger partial charge in [-0.05, 0) is 30.2 Å². The molecule has 1 unspecified atom stereocenters. The minimum absolute atomic E-state index is 0.0274. The molecule has 1 aliphatic rings. The van der Waals surface area contributed by atoms with Crippen LogP contribution in [0.4, 0.5) is 5.69 Å². The van der Waals surface area contributed by atoms with E-state index in [1.165, 1.54) is 0 Å². The van der Waals surface area contributed by atoms with E-state index in [1.807, 2.05) is 24.3 Å². The monoisotopic (exact) mass is 220 g/mol. The topological polar surface area (TPSA) is 66.6 Å². The number of nitrogens with zero attached hydrogens (tertiary/aromatic N) is 1.